The van der Waals surface area contributed by atoms with Gasteiger partial charge in [0.1, 0.15) is 0 Å². The Hall–Kier alpha value is -3.28. The number of hydrogen-bond donors (Lipinski definition) is 0. The molecule has 126 valence electrons. The van der Waals surface area contributed by atoms with E-state index >= 15 is 0 Å². The molecule has 6 heteroatoms. The number of aromatic nitrogens is 1. The SMILES string of the molecule is CCOC(=O)c1cc(-c2ccc([N+](=O)[O-])cc2)nc2ccc(C)cc12. The number of aryl methyl sites for hydroxylation is 1. The van der Waals surface area contributed by atoms with E-state index in [9.17, 15) is 14.9 Å². The predicted octanol–water partition coefficient (Wildman–Crippen LogP) is 4.30. The van der Waals surface area contributed by atoms with Crippen LogP contribution in [-0.2, 0) is 4.74 Å². The largest absolute Gasteiger partial charge is 0.462 e. The lowest BCUT2D eigenvalue weighted by atomic mass is 10.0. The lowest BCUT2D eigenvalue weighted by Gasteiger charge is -2.10. The van der Waals surface area contributed by atoms with Crippen molar-refractivity contribution in [2.45, 2.75) is 13.8 Å². The number of carbonyl (C=O) groups excluding carboxylic acids is 1. The molecule has 25 heavy (non-hydrogen) atoms. The van der Waals surface area contributed by atoms with E-state index in [1.165, 1.54) is 12.1 Å². The van der Waals surface area contributed by atoms with Crippen molar-refractivity contribution >= 4 is 22.6 Å². The zero-order valence-corrected chi connectivity index (χ0v) is 13.9. The molecule has 6 nitrogen and oxygen atoms in total. The number of ether oxygens (including phenoxy) is 1. The second-order valence-corrected chi connectivity index (χ2v) is 5.60. The van der Waals surface area contributed by atoms with E-state index in [-0.39, 0.29) is 12.3 Å². The fourth-order valence-electron chi connectivity index (χ4n) is 2.62. The Bertz CT molecular complexity index is 965. The highest BCUT2D eigenvalue weighted by atomic mass is 16.6. The molecule has 1 aromatic heterocycles. The number of nitro groups is 1. The number of fused-ring (bicyclic) bond motifs is 1. The third kappa shape index (κ3) is 3.33. The van der Waals surface area contributed by atoms with E-state index in [0.29, 0.717) is 22.3 Å². The molecule has 0 saturated heterocycles. The summed E-state index contributed by atoms with van der Waals surface area (Å²) in [6, 6.07) is 13.4. The van der Waals surface area contributed by atoms with Crippen LogP contribution in [0.4, 0.5) is 5.69 Å². The molecule has 2 aromatic carbocycles. The maximum Gasteiger partial charge on any atom is 0.338 e. The molecule has 0 saturated carbocycles. The van der Waals surface area contributed by atoms with Crippen molar-refractivity contribution in [2.24, 2.45) is 0 Å². The fraction of sp³-hybridized carbons (Fsp3) is 0.158. The third-order valence-electron chi connectivity index (χ3n) is 3.83. The number of carbonyl (C=O) groups is 1. The zero-order valence-electron chi connectivity index (χ0n) is 13.9. The summed E-state index contributed by atoms with van der Waals surface area (Å²) < 4.78 is 5.16. The maximum atomic E-state index is 12.4. The molecule has 0 aliphatic rings. The monoisotopic (exact) mass is 336 g/mol. The lowest BCUT2D eigenvalue weighted by Crippen LogP contribution is -2.06. The van der Waals surface area contributed by atoms with Crippen LogP contribution in [0, 0.1) is 17.0 Å². The second-order valence-electron chi connectivity index (χ2n) is 5.60. The Morgan fingerprint density at radius 3 is 2.52 bits per heavy atom. The molecule has 1 heterocycles. The van der Waals surface area contributed by atoms with Crippen LogP contribution in [-0.4, -0.2) is 22.5 Å². The maximum absolute atomic E-state index is 12.4. The van der Waals surface area contributed by atoms with Crippen molar-refractivity contribution < 1.29 is 14.5 Å². The molecule has 0 N–H and O–H groups in total. The van der Waals surface area contributed by atoms with Crippen LogP contribution in [0.3, 0.4) is 0 Å². The quantitative estimate of drug-likeness (QED) is 0.403. The zero-order chi connectivity index (χ0) is 18.0. The van der Waals surface area contributed by atoms with Crippen molar-refractivity contribution in [3.63, 3.8) is 0 Å². The smallest absolute Gasteiger partial charge is 0.338 e. The van der Waals surface area contributed by atoms with Crippen LogP contribution in [0.5, 0.6) is 0 Å². The van der Waals surface area contributed by atoms with Crippen molar-refractivity contribution in [2.75, 3.05) is 6.61 Å². The highest BCUT2D eigenvalue weighted by Crippen LogP contribution is 2.27. The third-order valence-corrected chi connectivity index (χ3v) is 3.83. The molecule has 0 unspecified atom stereocenters. The van der Waals surface area contributed by atoms with Crippen LogP contribution in [0.1, 0.15) is 22.8 Å². The van der Waals surface area contributed by atoms with E-state index in [0.717, 1.165) is 10.9 Å². The van der Waals surface area contributed by atoms with Crippen molar-refractivity contribution in [1.29, 1.82) is 0 Å². The first-order chi connectivity index (χ1) is 12.0. The van der Waals surface area contributed by atoms with Crippen LogP contribution in [0.15, 0.2) is 48.5 Å². The number of non-ortho nitro benzene ring substituents is 1. The Balaban J connectivity index is 2.17. The van der Waals surface area contributed by atoms with Gasteiger partial charge >= 0.3 is 5.97 Å². The number of rotatable bonds is 4. The minimum absolute atomic E-state index is 0.00535. The second kappa shape index (κ2) is 6.68. The van der Waals surface area contributed by atoms with Crippen LogP contribution >= 0.6 is 0 Å². The van der Waals surface area contributed by atoms with E-state index < -0.39 is 10.9 Å². The van der Waals surface area contributed by atoms with Gasteiger partial charge in [-0.3, -0.25) is 10.1 Å². The minimum atomic E-state index is -0.454. The number of nitrogens with zero attached hydrogens (tertiary/aromatic N) is 2. The van der Waals surface area contributed by atoms with Gasteiger partial charge in [0.05, 0.1) is 28.3 Å². The first-order valence-corrected chi connectivity index (χ1v) is 7.83. The van der Waals surface area contributed by atoms with Gasteiger partial charge in [0, 0.05) is 23.1 Å². The summed E-state index contributed by atoms with van der Waals surface area (Å²) in [5, 5.41) is 11.5. The summed E-state index contributed by atoms with van der Waals surface area (Å²) in [7, 11) is 0. The van der Waals surface area contributed by atoms with Crippen LogP contribution < -0.4 is 0 Å². The average molecular weight is 336 g/mol. The molecule has 0 atom stereocenters. The molecular formula is C19H16N2O4. The minimum Gasteiger partial charge on any atom is -0.462 e. The molecule has 0 radical (unpaired) electrons. The summed E-state index contributed by atoms with van der Waals surface area (Å²) in [6.45, 7) is 3.98. The average Bonchev–Trinajstić information content (AvgIpc) is 2.61. The van der Waals surface area contributed by atoms with Crippen molar-refractivity contribution in [3.05, 3.63) is 69.8 Å². The molecular weight excluding hydrogens is 320 g/mol. The highest BCUT2D eigenvalue weighted by molar-refractivity contribution is 6.04. The van der Waals surface area contributed by atoms with Gasteiger partial charge in [-0.2, -0.15) is 0 Å². The Morgan fingerprint density at radius 2 is 1.88 bits per heavy atom. The summed E-state index contributed by atoms with van der Waals surface area (Å²) in [5.74, 6) is -0.413. The Morgan fingerprint density at radius 1 is 1.16 bits per heavy atom. The van der Waals surface area contributed by atoms with E-state index in [1.54, 1.807) is 25.1 Å². The summed E-state index contributed by atoms with van der Waals surface area (Å²) in [4.78, 5) is 27.3. The normalized spacial score (nSPS) is 10.6. The Labute approximate surface area is 144 Å². The molecule has 3 aromatic rings. The van der Waals surface area contributed by atoms with Gasteiger partial charge in [-0.15, -0.1) is 0 Å². The topological polar surface area (TPSA) is 82.3 Å². The fourth-order valence-corrected chi connectivity index (χ4v) is 2.62. The van der Waals surface area contributed by atoms with Gasteiger partial charge in [-0.1, -0.05) is 11.6 Å². The summed E-state index contributed by atoms with van der Waals surface area (Å²) in [6.07, 6.45) is 0. The van der Waals surface area contributed by atoms with Gasteiger partial charge in [-0.25, -0.2) is 9.78 Å². The summed E-state index contributed by atoms with van der Waals surface area (Å²) >= 11 is 0. The standard InChI is InChI=1S/C19H16N2O4/c1-3-25-19(22)16-11-18(13-5-7-14(8-6-13)21(23)24)20-17-9-4-12(2)10-15(16)17/h4-11H,3H2,1-2H3. The Kier molecular flexibility index (Phi) is 4.43. The van der Waals surface area contributed by atoms with Crippen LogP contribution in [0.25, 0.3) is 22.2 Å². The van der Waals surface area contributed by atoms with Crippen LogP contribution in [0.2, 0.25) is 0 Å². The molecule has 0 amide bonds. The number of pyridine rings is 1. The van der Waals surface area contributed by atoms with Gasteiger partial charge in [0.15, 0.2) is 0 Å². The number of esters is 1. The van der Waals surface area contributed by atoms with Crippen molar-refractivity contribution in [3.8, 4) is 11.3 Å². The molecule has 0 aliphatic heterocycles. The van der Waals surface area contributed by atoms with Gasteiger partial charge < -0.3 is 4.74 Å². The molecule has 0 fully saturated rings. The van der Waals surface area contributed by atoms with E-state index in [1.807, 2.05) is 25.1 Å². The first-order valence-electron chi connectivity index (χ1n) is 7.83. The molecule has 3 rings (SSSR count). The highest BCUT2D eigenvalue weighted by Gasteiger charge is 2.15. The number of hydrogen-bond acceptors (Lipinski definition) is 5. The first kappa shape index (κ1) is 16.6. The number of nitro benzene ring substituents is 1. The van der Waals surface area contributed by atoms with Crippen molar-refractivity contribution in [1.82, 2.24) is 4.98 Å². The van der Waals surface area contributed by atoms with E-state index in [4.69, 9.17) is 4.74 Å². The van der Waals surface area contributed by atoms with Gasteiger partial charge in [0.25, 0.3) is 5.69 Å². The van der Waals surface area contributed by atoms with E-state index in [2.05, 4.69) is 4.98 Å². The molecule has 0 spiro atoms. The lowest BCUT2D eigenvalue weighted by molar-refractivity contribution is -0.384. The molecule has 0 bridgehead atoms. The van der Waals surface area contributed by atoms with Gasteiger partial charge in [0.2, 0.25) is 0 Å². The molecule has 0 aliphatic carbocycles. The van der Waals surface area contributed by atoms with Gasteiger partial charge in [-0.05, 0) is 44.2 Å². The predicted molar refractivity (Wildman–Crippen MR) is 94.5 cm³/mol. The number of benzene rings is 2. The summed E-state index contributed by atoms with van der Waals surface area (Å²) in [5.41, 5.74) is 3.38.